The minimum absolute atomic E-state index is 0.573. The van der Waals surface area contributed by atoms with Crippen molar-refractivity contribution < 1.29 is 4.74 Å². The molecule has 2 atom stereocenters. The fourth-order valence-corrected chi connectivity index (χ4v) is 6.40. The van der Waals surface area contributed by atoms with Crippen LogP contribution in [-0.2, 0) is 6.61 Å². The number of fused-ring (bicyclic) bond motifs is 1. The third-order valence-corrected chi connectivity index (χ3v) is 8.79. The van der Waals surface area contributed by atoms with E-state index >= 15 is 0 Å². The summed E-state index contributed by atoms with van der Waals surface area (Å²) in [5.74, 6) is 2.75. The molecule has 3 aliphatic heterocycles. The molecule has 3 aromatic carbocycles. The summed E-state index contributed by atoms with van der Waals surface area (Å²) in [5.41, 5.74) is 16.5. The van der Waals surface area contributed by atoms with E-state index in [1.165, 1.54) is 43.6 Å². The highest BCUT2D eigenvalue weighted by Crippen LogP contribution is 2.40. The number of rotatable bonds is 6. The number of hydrazone groups is 2. The van der Waals surface area contributed by atoms with E-state index in [1.54, 1.807) is 0 Å². The number of hydrogen-bond donors (Lipinski definition) is 2. The molecule has 1 saturated carbocycles. The van der Waals surface area contributed by atoms with Crippen molar-refractivity contribution in [2.75, 3.05) is 18.0 Å². The number of ether oxygens (including phenoxy) is 1. The molecule has 7 rings (SSSR count). The molecular weight excluding hydrogens is 542 g/mol. The smallest absolute Gasteiger partial charge is 0.122 e. The molecule has 4 aliphatic rings. The largest absolute Gasteiger partial charge is 0.489 e. The Morgan fingerprint density at radius 2 is 1.34 bits per heavy atom. The quantitative estimate of drug-likeness (QED) is 0.314. The zero-order valence-corrected chi connectivity index (χ0v) is 25.7. The highest BCUT2D eigenvalue weighted by atomic mass is 16.5. The first-order chi connectivity index (χ1) is 21.4. The summed E-state index contributed by atoms with van der Waals surface area (Å²) in [7, 11) is 0. The Balaban J connectivity index is 0.000000156. The molecule has 1 aliphatic carbocycles. The molecule has 3 heterocycles. The van der Waals surface area contributed by atoms with E-state index in [-0.39, 0.29) is 0 Å². The lowest BCUT2D eigenvalue weighted by Gasteiger charge is -2.22. The second-order valence-electron chi connectivity index (χ2n) is 12.0. The summed E-state index contributed by atoms with van der Waals surface area (Å²) in [6.07, 6.45) is 12.1. The molecule has 0 amide bonds. The molecule has 2 N–H and O–H groups in total. The average Bonchev–Trinajstić information content (AvgIpc) is 3.65. The first-order valence-electron chi connectivity index (χ1n) is 15.5. The molecule has 0 spiro atoms. The van der Waals surface area contributed by atoms with Gasteiger partial charge in [0.1, 0.15) is 12.4 Å². The second kappa shape index (κ2) is 13.2. The van der Waals surface area contributed by atoms with Crippen LogP contribution < -0.4 is 20.5 Å². The minimum Gasteiger partial charge on any atom is -0.489 e. The molecule has 6 nitrogen and oxygen atoms in total. The number of nitrogens with zero attached hydrogens (tertiary/aromatic N) is 3. The van der Waals surface area contributed by atoms with Crippen LogP contribution in [0, 0.1) is 25.7 Å². The normalized spacial score (nSPS) is 20.2. The molecule has 1 saturated heterocycles. The maximum absolute atomic E-state index is 5.89. The van der Waals surface area contributed by atoms with Crippen LogP contribution in [0.15, 0.2) is 126 Å². The molecule has 224 valence electrons. The van der Waals surface area contributed by atoms with Crippen molar-refractivity contribution in [1.29, 1.82) is 0 Å². The fourth-order valence-electron chi connectivity index (χ4n) is 6.40. The third-order valence-electron chi connectivity index (χ3n) is 8.79. The highest BCUT2D eigenvalue weighted by molar-refractivity contribution is 6.10. The molecule has 6 heteroatoms. The van der Waals surface area contributed by atoms with Crippen molar-refractivity contribution in [3.63, 3.8) is 0 Å². The van der Waals surface area contributed by atoms with Gasteiger partial charge in [-0.2, -0.15) is 10.2 Å². The maximum atomic E-state index is 5.89. The van der Waals surface area contributed by atoms with Crippen LogP contribution in [0.25, 0.3) is 0 Å². The van der Waals surface area contributed by atoms with Crippen LogP contribution >= 0.6 is 0 Å². The molecule has 0 bridgehead atoms. The van der Waals surface area contributed by atoms with E-state index in [2.05, 4.69) is 82.4 Å². The van der Waals surface area contributed by atoms with E-state index in [4.69, 9.17) is 4.74 Å². The molecular formula is C38H41N5O. The Labute approximate surface area is 261 Å². The number of nitrogens with one attached hydrogen (secondary N) is 2. The van der Waals surface area contributed by atoms with Gasteiger partial charge in [-0.15, -0.1) is 0 Å². The summed E-state index contributed by atoms with van der Waals surface area (Å²) < 4.78 is 5.89. The van der Waals surface area contributed by atoms with Crippen LogP contribution in [0.5, 0.6) is 5.75 Å². The van der Waals surface area contributed by atoms with Crippen molar-refractivity contribution in [3.05, 3.63) is 143 Å². The van der Waals surface area contributed by atoms with Crippen molar-refractivity contribution in [3.8, 4) is 5.75 Å². The minimum atomic E-state index is 0.573. The predicted molar refractivity (Wildman–Crippen MR) is 182 cm³/mol. The summed E-state index contributed by atoms with van der Waals surface area (Å²) in [6, 6.07) is 23.0. The monoisotopic (exact) mass is 583 g/mol. The van der Waals surface area contributed by atoms with Crippen molar-refractivity contribution in [1.82, 2.24) is 10.9 Å². The zero-order valence-electron chi connectivity index (χ0n) is 25.7. The molecule has 2 fully saturated rings. The zero-order chi connectivity index (χ0) is 30.5. The first kappa shape index (κ1) is 29.2. The van der Waals surface area contributed by atoms with E-state index < -0.39 is 0 Å². The SMILES string of the molecule is C=C1C=CC(c2ccc(N3CC4CCCC4C3)c(C)c2)=NN1.C=C1C=CC(c2ccc(OCc3ccccc3)c(C)c2)=NN1. The van der Waals surface area contributed by atoms with Gasteiger partial charge in [-0.3, -0.25) is 10.9 Å². The first-order valence-corrected chi connectivity index (χ1v) is 15.5. The summed E-state index contributed by atoms with van der Waals surface area (Å²) in [5, 5.41) is 8.65. The molecule has 0 aromatic heterocycles. The highest BCUT2D eigenvalue weighted by Gasteiger charge is 2.36. The predicted octanol–water partition coefficient (Wildman–Crippen LogP) is 7.56. The molecule has 3 aromatic rings. The Hall–Kier alpha value is -4.84. The van der Waals surface area contributed by atoms with E-state index in [0.717, 1.165) is 62.7 Å². The third kappa shape index (κ3) is 6.86. The maximum Gasteiger partial charge on any atom is 0.122 e. The fraction of sp³-hybridized carbons (Fsp3) is 0.263. The number of allylic oxidation sites excluding steroid dienone is 4. The summed E-state index contributed by atoms with van der Waals surface area (Å²) in [4.78, 5) is 2.59. The summed E-state index contributed by atoms with van der Waals surface area (Å²) in [6.45, 7) is 15.0. The van der Waals surface area contributed by atoms with E-state index in [1.807, 2.05) is 61.6 Å². The Morgan fingerprint density at radius 1 is 0.750 bits per heavy atom. The van der Waals surface area contributed by atoms with Gasteiger partial charge in [0.2, 0.25) is 0 Å². The van der Waals surface area contributed by atoms with E-state index in [0.29, 0.717) is 6.61 Å². The van der Waals surface area contributed by atoms with Gasteiger partial charge in [-0.25, -0.2) is 0 Å². The van der Waals surface area contributed by atoms with Gasteiger partial charge in [0.25, 0.3) is 0 Å². The van der Waals surface area contributed by atoms with Gasteiger partial charge in [0.15, 0.2) is 0 Å². The van der Waals surface area contributed by atoms with Gasteiger partial charge in [0, 0.05) is 41.3 Å². The van der Waals surface area contributed by atoms with Gasteiger partial charge >= 0.3 is 0 Å². The van der Waals surface area contributed by atoms with E-state index in [9.17, 15) is 0 Å². The van der Waals surface area contributed by atoms with Gasteiger partial charge in [0.05, 0.1) is 11.4 Å². The summed E-state index contributed by atoms with van der Waals surface area (Å²) >= 11 is 0. The van der Waals surface area contributed by atoms with Crippen LogP contribution in [0.2, 0.25) is 0 Å². The Kier molecular flexibility index (Phi) is 8.78. The number of aryl methyl sites for hydroxylation is 2. The van der Waals surface area contributed by atoms with Crippen LogP contribution in [0.1, 0.15) is 47.1 Å². The number of hydrogen-bond acceptors (Lipinski definition) is 6. The lowest BCUT2D eigenvalue weighted by molar-refractivity contribution is 0.304. The lowest BCUT2D eigenvalue weighted by Crippen LogP contribution is -2.22. The lowest BCUT2D eigenvalue weighted by atomic mass is 10.0. The average molecular weight is 584 g/mol. The van der Waals surface area contributed by atoms with Crippen molar-refractivity contribution >= 4 is 17.1 Å². The topological polar surface area (TPSA) is 61.2 Å². The van der Waals surface area contributed by atoms with Crippen LogP contribution in [0.3, 0.4) is 0 Å². The second-order valence-corrected chi connectivity index (χ2v) is 12.0. The molecule has 2 unspecified atom stereocenters. The standard InChI is InChI=1S/C19H23N3.C19H18N2O/c1-13-10-15(18-8-6-14(2)20-21-18)7-9-19(13)22-11-16-4-3-5-17(16)12-22;1-14-12-17(18-10-8-15(2)20-21-18)9-11-19(14)22-13-16-6-4-3-5-7-16/h6-10,16-17,20H,2-5,11-12H2,1H3;3-12,20H,2,13H2,1H3. The van der Waals surface area contributed by atoms with Crippen LogP contribution in [0.4, 0.5) is 5.69 Å². The number of benzene rings is 3. The molecule has 0 radical (unpaired) electrons. The van der Waals surface area contributed by atoms with Gasteiger partial charge < -0.3 is 9.64 Å². The molecule has 44 heavy (non-hydrogen) atoms. The van der Waals surface area contributed by atoms with Gasteiger partial charge in [-0.05, 0) is 110 Å². The Morgan fingerprint density at radius 3 is 1.89 bits per heavy atom. The van der Waals surface area contributed by atoms with Crippen LogP contribution in [-0.4, -0.2) is 24.5 Å². The van der Waals surface area contributed by atoms with Crippen molar-refractivity contribution in [2.45, 2.75) is 39.7 Å². The van der Waals surface area contributed by atoms with Gasteiger partial charge in [-0.1, -0.05) is 56.0 Å². The Bertz CT molecular complexity index is 1650. The van der Waals surface area contributed by atoms with Crippen molar-refractivity contribution in [2.24, 2.45) is 22.0 Å². The number of anilines is 1.